The van der Waals surface area contributed by atoms with Crippen LogP contribution in [0.1, 0.15) is 11.1 Å². The lowest BCUT2D eigenvalue weighted by atomic mass is 10.1. The number of nitriles is 1. The highest BCUT2D eigenvalue weighted by atomic mass is 35.5. The number of fused-ring (bicyclic) bond motifs is 1. The first-order valence-corrected chi connectivity index (χ1v) is 8.80. The second kappa shape index (κ2) is 6.84. The van der Waals surface area contributed by atoms with Crippen LogP contribution in [0, 0.1) is 11.3 Å². The van der Waals surface area contributed by atoms with Crippen LogP contribution in [0.25, 0.3) is 22.4 Å². The van der Waals surface area contributed by atoms with Gasteiger partial charge in [0.25, 0.3) is 0 Å². The number of benzene rings is 3. The molecule has 0 aliphatic carbocycles. The lowest BCUT2D eigenvalue weighted by Crippen LogP contribution is -2.02. The molecule has 0 bridgehead atoms. The van der Waals surface area contributed by atoms with Crippen molar-refractivity contribution in [3.05, 3.63) is 87.9 Å². The maximum absolute atomic E-state index is 9.02. The molecule has 0 fully saturated rings. The summed E-state index contributed by atoms with van der Waals surface area (Å²) in [6.07, 6.45) is 0. The van der Waals surface area contributed by atoms with Gasteiger partial charge in [-0.3, -0.25) is 0 Å². The standard InChI is InChI=1S/C21H13Cl2N3/c22-17-7-3-15(4-8-17)13-26-20-10-9-18(23)11-19(20)25-21(26)16-5-1-14(12-24)2-6-16/h1-11H,13H2. The van der Waals surface area contributed by atoms with E-state index < -0.39 is 0 Å². The van der Waals surface area contributed by atoms with Crippen molar-refractivity contribution in [2.24, 2.45) is 0 Å². The molecule has 1 aromatic heterocycles. The Morgan fingerprint density at radius 3 is 2.27 bits per heavy atom. The minimum Gasteiger partial charge on any atom is -0.319 e. The molecule has 0 radical (unpaired) electrons. The Hall–Kier alpha value is -2.80. The molecule has 0 N–H and O–H groups in total. The van der Waals surface area contributed by atoms with E-state index in [9.17, 15) is 0 Å². The largest absolute Gasteiger partial charge is 0.319 e. The van der Waals surface area contributed by atoms with Gasteiger partial charge < -0.3 is 4.57 Å². The first kappa shape index (κ1) is 16.7. The van der Waals surface area contributed by atoms with E-state index in [1.807, 2.05) is 54.6 Å². The topological polar surface area (TPSA) is 41.6 Å². The summed E-state index contributed by atoms with van der Waals surface area (Å²) in [6, 6.07) is 23.1. The summed E-state index contributed by atoms with van der Waals surface area (Å²) in [5, 5.41) is 10.4. The zero-order valence-corrected chi connectivity index (χ0v) is 15.2. The van der Waals surface area contributed by atoms with E-state index >= 15 is 0 Å². The molecule has 3 nitrogen and oxygen atoms in total. The molecule has 0 saturated carbocycles. The zero-order chi connectivity index (χ0) is 18.1. The van der Waals surface area contributed by atoms with Gasteiger partial charge in [0.1, 0.15) is 5.82 Å². The van der Waals surface area contributed by atoms with E-state index in [4.69, 9.17) is 33.4 Å². The van der Waals surface area contributed by atoms with Gasteiger partial charge in [-0.2, -0.15) is 5.26 Å². The van der Waals surface area contributed by atoms with Crippen molar-refractivity contribution in [1.29, 1.82) is 5.26 Å². The van der Waals surface area contributed by atoms with Crippen molar-refractivity contribution in [3.8, 4) is 17.5 Å². The molecule has 5 heteroatoms. The third kappa shape index (κ3) is 3.17. The van der Waals surface area contributed by atoms with Crippen molar-refractivity contribution < 1.29 is 0 Å². The highest BCUT2D eigenvalue weighted by Crippen LogP contribution is 2.28. The second-order valence-corrected chi connectivity index (χ2v) is 6.84. The molecule has 4 rings (SSSR count). The molecule has 0 spiro atoms. The van der Waals surface area contributed by atoms with Gasteiger partial charge in [0.05, 0.1) is 22.7 Å². The molecule has 0 aliphatic rings. The van der Waals surface area contributed by atoms with Crippen LogP contribution in [0.3, 0.4) is 0 Å². The van der Waals surface area contributed by atoms with E-state index in [2.05, 4.69) is 10.6 Å². The average Bonchev–Trinajstić information content (AvgIpc) is 3.01. The predicted molar refractivity (Wildman–Crippen MR) is 105 cm³/mol. The van der Waals surface area contributed by atoms with E-state index in [0.717, 1.165) is 28.0 Å². The van der Waals surface area contributed by atoms with E-state index in [1.165, 1.54) is 0 Å². The normalized spacial score (nSPS) is 10.8. The quantitative estimate of drug-likeness (QED) is 0.443. The lowest BCUT2D eigenvalue weighted by Gasteiger charge is -2.10. The Morgan fingerprint density at radius 2 is 1.58 bits per heavy atom. The second-order valence-electron chi connectivity index (χ2n) is 5.97. The van der Waals surface area contributed by atoms with Gasteiger partial charge in [0.15, 0.2) is 0 Å². The molecule has 0 saturated heterocycles. The van der Waals surface area contributed by atoms with Crippen LogP contribution in [0.5, 0.6) is 0 Å². The highest BCUT2D eigenvalue weighted by molar-refractivity contribution is 6.31. The summed E-state index contributed by atoms with van der Waals surface area (Å²) in [5.41, 5.74) is 4.54. The molecule has 0 aliphatic heterocycles. The van der Waals surface area contributed by atoms with Crippen LogP contribution in [0.15, 0.2) is 66.7 Å². The van der Waals surface area contributed by atoms with Gasteiger partial charge >= 0.3 is 0 Å². The molecule has 3 aromatic carbocycles. The lowest BCUT2D eigenvalue weighted by molar-refractivity contribution is 0.834. The number of hydrogen-bond donors (Lipinski definition) is 0. The molecule has 0 unspecified atom stereocenters. The monoisotopic (exact) mass is 377 g/mol. The SMILES string of the molecule is N#Cc1ccc(-c2nc3cc(Cl)ccc3n2Cc2ccc(Cl)cc2)cc1. The summed E-state index contributed by atoms with van der Waals surface area (Å²) in [4.78, 5) is 4.78. The number of rotatable bonds is 3. The number of aromatic nitrogens is 2. The van der Waals surface area contributed by atoms with Gasteiger partial charge in [-0.25, -0.2) is 4.98 Å². The summed E-state index contributed by atoms with van der Waals surface area (Å²) in [6.45, 7) is 0.657. The Balaban J connectivity index is 1.87. The first-order chi connectivity index (χ1) is 12.6. The van der Waals surface area contributed by atoms with Crippen molar-refractivity contribution in [3.63, 3.8) is 0 Å². The maximum Gasteiger partial charge on any atom is 0.141 e. The number of halogens is 2. The zero-order valence-electron chi connectivity index (χ0n) is 13.7. The summed E-state index contributed by atoms with van der Waals surface area (Å²) in [5.74, 6) is 0.835. The predicted octanol–water partition coefficient (Wildman–Crippen LogP) is 5.93. The Labute approximate surface area is 161 Å². The maximum atomic E-state index is 9.02. The molecule has 0 atom stereocenters. The molecular formula is C21H13Cl2N3. The third-order valence-corrected chi connectivity index (χ3v) is 4.72. The minimum atomic E-state index is 0.622. The highest BCUT2D eigenvalue weighted by Gasteiger charge is 2.13. The number of nitrogens with zero attached hydrogens (tertiary/aromatic N) is 3. The summed E-state index contributed by atoms with van der Waals surface area (Å²) in [7, 11) is 0. The van der Waals surface area contributed by atoms with Crippen LogP contribution in [-0.2, 0) is 6.54 Å². The van der Waals surface area contributed by atoms with Gasteiger partial charge in [-0.05, 0) is 60.2 Å². The fourth-order valence-electron chi connectivity index (χ4n) is 2.95. The number of hydrogen-bond acceptors (Lipinski definition) is 2. The summed E-state index contributed by atoms with van der Waals surface area (Å²) >= 11 is 12.1. The molecule has 26 heavy (non-hydrogen) atoms. The van der Waals surface area contributed by atoms with Crippen molar-refractivity contribution in [1.82, 2.24) is 9.55 Å². The van der Waals surface area contributed by atoms with Crippen LogP contribution >= 0.6 is 23.2 Å². The van der Waals surface area contributed by atoms with E-state index in [-0.39, 0.29) is 0 Å². The first-order valence-electron chi connectivity index (χ1n) is 8.05. The van der Waals surface area contributed by atoms with Crippen LogP contribution in [-0.4, -0.2) is 9.55 Å². The van der Waals surface area contributed by atoms with Gasteiger partial charge in [-0.15, -0.1) is 0 Å². The molecular weight excluding hydrogens is 365 g/mol. The minimum absolute atomic E-state index is 0.622. The summed E-state index contributed by atoms with van der Waals surface area (Å²) < 4.78 is 2.15. The van der Waals surface area contributed by atoms with Crippen molar-refractivity contribution in [2.75, 3.05) is 0 Å². The van der Waals surface area contributed by atoms with Crippen LogP contribution in [0.4, 0.5) is 0 Å². The fraction of sp³-hybridized carbons (Fsp3) is 0.0476. The molecule has 4 aromatic rings. The van der Waals surface area contributed by atoms with Gasteiger partial charge in [0.2, 0.25) is 0 Å². The van der Waals surface area contributed by atoms with Crippen molar-refractivity contribution >= 4 is 34.2 Å². The van der Waals surface area contributed by atoms with Gasteiger partial charge in [-0.1, -0.05) is 35.3 Å². The third-order valence-electron chi connectivity index (χ3n) is 4.24. The average molecular weight is 378 g/mol. The van der Waals surface area contributed by atoms with Gasteiger partial charge in [0, 0.05) is 22.2 Å². The van der Waals surface area contributed by atoms with Crippen molar-refractivity contribution in [2.45, 2.75) is 6.54 Å². The van der Waals surface area contributed by atoms with Crippen LogP contribution < -0.4 is 0 Å². The number of imidazole rings is 1. The fourth-order valence-corrected chi connectivity index (χ4v) is 3.24. The molecule has 0 amide bonds. The Morgan fingerprint density at radius 1 is 0.885 bits per heavy atom. The van der Waals surface area contributed by atoms with Crippen LogP contribution in [0.2, 0.25) is 10.0 Å². The van der Waals surface area contributed by atoms with E-state index in [1.54, 1.807) is 12.1 Å². The molecule has 126 valence electrons. The Kier molecular flexibility index (Phi) is 4.38. The molecule has 1 heterocycles. The smallest absolute Gasteiger partial charge is 0.141 e. The van der Waals surface area contributed by atoms with E-state index in [0.29, 0.717) is 22.2 Å². The Bertz CT molecular complexity index is 1120.